The van der Waals surface area contributed by atoms with Gasteiger partial charge in [0.2, 0.25) is 0 Å². The molecule has 11 heavy (non-hydrogen) atoms. The van der Waals surface area contributed by atoms with E-state index < -0.39 is 0 Å². The number of hydrogen-bond acceptors (Lipinski definition) is 1. The molecule has 2 rings (SSSR count). The van der Waals surface area contributed by atoms with Gasteiger partial charge in [0, 0.05) is 5.92 Å². The van der Waals surface area contributed by atoms with Gasteiger partial charge >= 0.3 is 0 Å². The summed E-state index contributed by atoms with van der Waals surface area (Å²) < 4.78 is 0. The maximum Gasteiger partial charge on any atom is 0.123 e. The molecule has 1 fully saturated rings. The second kappa shape index (κ2) is 2.47. The summed E-state index contributed by atoms with van der Waals surface area (Å²) in [7, 11) is 0. The third kappa shape index (κ3) is 0.867. The molecular weight excluding hydrogens is 136 g/mol. The number of carbonyl (C=O) groups excluding carboxylic acids is 1. The maximum atomic E-state index is 10.7. The normalized spacial score (nSPS) is 46.6. The molecule has 60 valence electrons. The molecule has 4 atom stereocenters. The molecule has 0 aromatic carbocycles. The van der Waals surface area contributed by atoms with Crippen LogP contribution in [0.3, 0.4) is 0 Å². The highest BCUT2D eigenvalue weighted by molar-refractivity contribution is 5.57. The van der Waals surface area contributed by atoms with Crippen molar-refractivity contribution in [3.63, 3.8) is 0 Å². The van der Waals surface area contributed by atoms with E-state index in [9.17, 15) is 4.79 Å². The van der Waals surface area contributed by atoms with E-state index in [0.29, 0.717) is 17.8 Å². The van der Waals surface area contributed by atoms with Crippen LogP contribution in [0.25, 0.3) is 0 Å². The summed E-state index contributed by atoms with van der Waals surface area (Å²) in [4.78, 5) is 10.7. The zero-order valence-electron chi connectivity index (χ0n) is 6.86. The molecule has 0 aromatic rings. The first kappa shape index (κ1) is 7.08. The van der Waals surface area contributed by atoms with Gasteiger partial charge in [0.25, 0.3) is 0 Å². The van der Waals surface area contributed by atoms with E-state index in [1.165, 1.54) is 12.7 Å². The number of hydrogen-bond donors (Lipinski definition) is 0. The summed E-state index contributed by atoms with van der Waals surface area (Å²) >= 11 is 0. The lowest BCUT2D eigenvalue weighted by Gasteiger charge is -2.21. The highest BCUT2D eigenvalue weighted by Crippen LogP contribution is 2.48. The smallest absolute Gasteiger partial charge is 0.123 e. The maximum absolute atomic E-state index is 10.7. The number of allylic oxidation sites excluding steroid dienone is 2. The summed E-state index contributed by atoms with van der Waals surface area (Å²) in [5.41, 5.74) is 0. The lowest BCUT2D eigenvalue weighted by atomic mass is 9.82. The monoisotopic (exact) mass is 150 g/mol. The van der Waals surface area contributed by atoms with Crippen LogP contribution in [-0.2, 0) is 4.79 Å². The van der Waals surface area contributed by atoms with Crippen molar-refractivity contribution in [3.8, 4) is 0 Å². The number of carbonyl (C=O) groups is 1. The first-order chi connectivity index (χ1) is 5.36. The van der Waals surface area contributed by atoms with Gasteiger partial charge in [-0.25, -0.2) is 0 Å². The zero-order chi connectivity index (χ0) is 7.84. The average molecular weight is 150 g/mol. The molecular formula is C10H14O. The van der Waals surface area contributed by atoms with E-state index in [1.807, 2.05) is 0 Å². The topological polar surface area (TPSA) is 17.1 Å². The fourth-order valence-electron chi connectivity index (χ4n) is 2.74. The van der Waals surface area contributed by atoms with Crippen molar-refractivity contribution in [1.82, 2.24) is 0 Å². The van der Waals surface area contributed by atoms with E-state index in [1.54, 1.807) is 0 Å². The third-order valence-corrected chi connectivity index (χ3v) is 3.32. The van der Waals surface area contributed by atoms with Gasteiger partial charge in [0.15, 0.2) is 0 Å². The van der Waals surface area contributed by atoms with Crippen molar-refractivity contribution in [2.75, 3.05) is 0 Å². The van der Waals surface area contributed by atoms with E-state index >= 15 is 0 Å². The summed E-state index contributed by atoms with van der Waals surface area (Å²) in [5, 5.41) is 0. The molecule has 0 saturated heterocycles. The molecule has 1 nitrogen and oxygen atoms in total. The first-order valence-corrected chi connectivity index (χ1v) is 4.50. The minimum absolute atomic E-state index is 0.343. The standard InChI is InChI=1S/C10H14O/c1-2-9-7-3-4-8(5-7)10(9)6-11/h3-4,6-10H,2,5H2,1H3/t7-,8+,9+,10+/m1/s1. The van der Waals surface area contributed by atoms with Gasteiger partial charge in [-0.05, 0) is 24.2 Å². The largest absolute Gasteiger partial charge is 0.303 e. The lowest BCUT2D eigenvalue weighted by molar-refractivity contribution is -0.113. The van der Waals surface area contributed by atoms with Crippen LogP contribution in [0.5, 0.6) is 0 Å². The molecule has 1 saturated carbocycles. The van der Waals surface area contributed by atoms with E-state index in [2.05, 4.69) is 19.1 Å². The van der Waals surface area contributed by atoms with Gasteiger partial charge in [-0.1, -0.05) is 25.5 Å². The predicted octanol–water partition coefficient (Wildman–Crippen LogP) is 2.03. The lowest BCUT2D eigenvalue weighted by Crippen LogP contribution is -2.19. The van der Waals surface area contributed by atoms with Crippen molar-refractivity contribution in [2.45, 2.75) is 19.8 Å². The second-order valence-corrected chi connectivity index (χ2v) is 3.73. The van der Waals surface area contributed by atoms with Crippen molar-refractivity contribution >= 4 is 6.29 Å². The van der Waals surface area contributed by atoms with Gasteiger partial charge in [-0.2, -0.15) is 0 Å². The highest BCUT2D eigenvalue weighted by Gasteiger charge is 2.42. The molecule has 2 bridgehead atoms. The number of aldehydes is 1. The fourth-order valence-corrected chi connectivity index (χ4v) is 2.74. The molecule has 0 unspecified atom stereocenters. The Balaban J connectivity index is 2.21. The van der Waals surface area contributed by atoms with E-state index in [4.69, 9.17) is 0 Å². The molecule has 0 amide bonds. The Hall–Kier alpha value is -0.590. The predicted molar refractivity (Wildman–Crippen MR) is 44.1 cm³/mol. The third-order valence-electron chi connectivity index (χ3n) is 3.32. The van der Waals surface area contributed by atoms with Crippen molar-refractivity contribution < 1.29 is 4.79 Å². The Kier molecular flexibility index (Phi) is 1.59. The van der Waals surface area contributed by atoms with Gasteiger partial charge in [0.05, 0.1) is 0 Å². The van der Waals surface area contributed by atoms with Gasteiger partial charge in [0.1, 0.15) is 6.29 Å². The van der Waals surface area contributed by atoms with Crippen LogP contribution in [0.4, 0.5) is 0 Å². The van der Waals surface area contributed by atoms with Crippen LogP contribution in [0.1, 0.15) is 19.8 Å². The first-order valence-electron chi connectivity index (χ1n) is 4.50. The van der Waals surface area contributed by atoms with Crippen LogP contribution in [0, 0.1) is 23.7 Å². The number of rotatable bonds is 2. The van der Waals surface area contributed by atoms with Crippen molar-refractivity contribution in [2.24, 2.45) is 23.7 Å². The molecule has 0 aromatic heterocycles. The van der Waals surface area contributed by atoms with Crippen LogP contribution >= 0.6 is 0 Å². The molecule has 0 N–H and O–H groups in total. The Morgan fingerprint density at radius 2 is 2.18 bits per heavy atom. The van der Waals surface area contributed by atoms with E-state index in [-0.39, 0.29) is 0 Å². The van der Waals surface area contributed by atoms with Crippen LogP contribution in [0.15, 0.2) is 12.2 Å². The Labute approximate surface area is 67.5 Å². The van der Waals surface area contributed by atoms with Gasteiger partial charge in [-0.3, -0.25) is 0 Å². The molecule has 0 spiro atoms. The Bertz CT molecular complexity index is 195. The summed E-state index contributed by atoms with van der Waals surface area (Å²) in [6.45, 7) is 2.19. The van der Waals surface area contributed by atoms with Gasteiger partial charge < -0.3 is 4.79 Å². The Morgan fingerprint density at radius 3 is 2.73 bits per heavy atom. The second-order valence-electron chi connectivity index (χ2n) is 3.73. The molecule has 1 heteroatoms. The summed E-state index contributed by atoms with van der Waals surface area (Å²) in [5.74, 6) is 2.31. The SMILES string of the molecule is CC[C@@H]1[C@@H](C=O)[C@H]2C=C[C@@H]1C2. The molecule has 0 radical (unpaired) electrons. The van der Waals surface area contributed by atoms with Gasteiger partial charge in [-0.15, -0.1) is 0 Å². The van der Waals surface area contributed by atoms with Crippen LogP contribution in [-0.4, -0.2) is 6.29 Å². The molecule has 0 aliphatic heterocycles. The average Bonchev–Trinajstić information content (AvgIpc) is 2.60. The quantitative estimate of drug-likeness (QED) is 0.435. The Morgan fingerprint density at radius 1 is 1.45 bits per heavy atom. The summed E-state index contributed by atoms with van der Waals surface area (Å²) in [6, 6.07) is 0. The minimum Gasteiger partial charge on any atom is -0.303 e. The molecule has 2 aliphatic carbocycles. The fraction of sp³-hybridized carbons (Fsp3) is 0.700. The minimum atomic E-state index is 0.343. The molecule has 0 heterocycles. The molecule has 2 aliphatic rings. The number of fused-ring (bicyclic) bond motifs is 2. The highest BCUT2D eigenvalue weighted by atomic mass is 16.1. The van der Waals surface area contributed by atoms with E-state index in [0.717, 1.165) is 12.3 Å². The van der Waals surface area contributed by atoms with Crippen LogP contribution < -0.4 is 0 Å². The van der Waals surface area contributed by atoms with Crippen LogP contribution in [0.2, 0.25) is 0 Å². The van der Waals surface area contributed by atoms with Crippen molar-refractivity contribution in [1.29, 1.82) is 0 Å². The zero-order valence-corrected chi connectivity index (χ0v) is 6.86. The summed E-state index contributed by atoms with van der Waals surface area (Å²) in [6.07, 6.45) is 8.11. The van der Waals surface area contributed by atoms with Crippen molar-refractivity contribution in [3.05, 3.63) is 12.2 Å².